The second-order valence-electron chi connectivity index (χ2n) is 6.72. The van der Waals surface area contributed by atoms with Crippen LogP contribution in [0.3, 0.4) is 0 Å². The van der Waals surface area contributed by atoms with Crippen molar-refractivity contribution in [3.05, 3.63) is 35.5 Å². The van der Waals surface area contributed by atoms with Crippen LogP contribution in [0.25, 0.3) is 10.9 Å². The van der Waals surface area contributed by atoms with Gasteiger partial charge in [-0.2, -0.15) is 0 Å². The summed E-state index contributed by atoms with van der Waals surface area (Å²) in [6, 6.07) is 3.66. The summed E-state index contributed by atoms with van der Waals surface area (Å²) in [5.74, 6) is 0.875. The fourth-order valence-corrected chi connectivity index (χ4v) is 4.45. The zero-order valence-corrected chi connectivity index (χ0v) is 18.1. The van der Waals surface area contributed by atoms with Crippen molar-refractivity contribution in [2.75, 3.05) is 56.8 Å². The van der Waals surface area contributed by atoms with Gasteiger partial charge < -0.3 is 24.0 Å². The minimum absolute atomic E-state index is 0.295. The topological polar surface area (TPSA) is 77.0 Å². The van der Waals surface area contributed by atoms with Crippen LogP contribution in [0, 0.1) is 0 Å². The van der Waals surface area contributed by atoms with Crippen molar-refractivity contribution in [2.45, 2.75) is 6.92 Å². The summed E-state index contributed by atoms with van der Waals surface area (Å²) in [6.45, 7) is 5.14. The average Bonchev–Trinajstić information content (AvgIpc) is 3.32. The number of hydrogen-bond donors (Lipinski definition) is 0. The molecule has 30 heavy (non-hydrogen) atoms. The number of benzene rings is 1. The quantitative estimate of drug-likeness (QED) is 0.554. The molecule has 0 aliphatic carbocycles. The SMILES string of the molecule is CCOC(=O)c1cnc2c(OC)ccc(OC)c2c1N1CCN(c2nccs2)CC1. The van der Waals surface area contributed by atoms with Gasteiger partial charge in [-0.1, -0.05) is 0 Å². The van der Waals surface area contributed by atoms with Crippen LogP contribution in [0.1, 0.15) is 17.3 Å². The molecular formula is C21H24N4O4S. The van der Waals surface area contributed by atoms with Gasteiger partial charge in [0.05, 0.1) is 31.9 Å². The van der Waals surface area contributed by atoms with Gasteiger partial charge in [-0.05, 0) is 19.1 Å². The molecule has 0 unspecified atom stereocenters. The Hall–Kier alpha value is -3.07. The van der Waals surface area contributed by atoms with Gasteiger partial charge in [-0.3, -0.25) is 4.98 Å². The Balaban J connectivity index is 1.81. The lowest BCUT2D eigenvalue weighted by atomic mass is 10.1. The number of esters is 1. The molecule has 0 atom stereocenters. The van der Waals surface area contributed by atoms with Crippen molar-refractivity contribution in [3.8, 4) is 11.5 Å². The van der Waals surface area contributed by atoms with Crippen molar-refractivity contribution in [1.82, 2.24) is 9.97 Å². The molecule has 1 saturated heterocycles. The molecule has 0 N–H and O–H groups in total. The van der Waals surface area contributed by atoms with Crippen LogP contribution in [0.15, 0.2) is 29.9 Å². The number of aromatic nitrogens is 2. The third kappa shape index (κ3) is 3.60. The Bertz CT molecular complexity index is 1030. The monoisotopic (exact) mass is 428 g/mol. The highest BCUT2D eigenvalue weighted by atomic mass is 32.1. The van der Waals surface area contributed by atoms with Crippen LogP contribution in [0.5, 0.6) is 11.5 Å². The largest absolute Gasteiger partial charge is 0.496 e. The number of pyridine rings is 1. The van der Waals surface area contributed by atoms with Gasteiger partial charge >= 0.3 is 5.97 Å². The highest BCUT2D eigenvalue weighted by molar-refractivity contribution is 7.13. The molecule has 1 aliphatic heterocycles. The average molecular weight is 429 g/mol. The second kappa shape index (κ2) is 8.74. The number of thiazole rings is 1. The number of anilines is 2. The highest BCUT2D eigenvalue weighted by Crippen LogP contribution is 2.41. The Morgan fingerprint density at radius 2 is 1.77 bits per heavy atom. The number of rotatable bonds is 6. The number of piperazine rings is 1. The number of nitrogens with zero attached hydrogens (tertiary/aromatic N) is 4. The maximum Gasteiger partial charge on any atom is 0.341 e. The molecule has 0 radical (unpaired) electrons. The fraction of sp³-hybridized carbons (Fsp3) is 0.381. The maximum absolute atomic E-state index is 12.8. The zero-order chi connectivity index (χ0) is 21.1. The molecule has 9 heteroatoms. The lowest BCUT2D eigenvalue weighted by Crippen LogP contribution is -2.47. The van der Waals surface area contributed by atoms with Crippen LogP contribution in [-0.2, 0) is 4.74 Å². The van der Waals surface area contributed by atoms with E-state index in [0.29, 0.717) is 29.2 Å². The summed E-state index contributed by atoms with van der Waals surface area (Å²) in [7, 11) is 3.22. The van der Waals surface area contributed by atoms with Gasteiger partial charge in [-0.15, -0.1) is 11.3 Å². The van der Waals surface area contributed by atoms with E-state index in [9.17, 15) is 4.79 Å². The molecule has 4 rings (SSSR count). The number of fused-ring (bicyclic) bond motifs is 1. The van der Waals surface area contributed by atoms with Crippen molar-refractivity contribution >= 4 is 39.0 Å². The first-order valence-corrected chi connectivity index (χ1v) is 10.7. The maximum atomic E-state index is 12.8. The van der Waals surface area contributed by atoms with E-state index in [1.165, 1.54) is 0 Å². The Morgan fingerprint density at radius 1 is 1.07 bits per heavy atom. The number of ether oxygens (including phenoxy) is 3. The second-order valence-corrected chi connectivity index (χ2v) is 7.60. The van der Waals surface area contributed by atoms with E-state index in [1.807, 2.05) is 23.7 Å². The van der Waals surface area contributed by atoms with E-state index in [1.54, 1.807) is 38.7 Å². The van der Waals surface area contributed by atoms with Crippen molar-refractivity contribution in [1.29, 1.82) is 0 Å². The van der Waals surface area contributed by atoms with E-state index in [4.69, 9.17) is 14.2 Å². The molecule has 0 saturated carbocycles. The molecule has 0 spiro atoms. The standard InChI is InChI=1S/C21H24N4O4S/c1-4-29-20(26)14-13-23-18-16(28-3)6-5-15(27-2)17(18)19(14)24-8-10-25(11-9-24)21-22-7-12-30-21/h5-7,12-13H,4,8-11H2,1-3H3. The minimum Gasteiger partial charge on any atom is -0.496 e. The van der Waals surface area contributed by atoms with Crippen LogP contribution in [-0.4, -0.2) is 62.9 Å². The van der Waals surface area contributed by atoms with Gasteiger partial charge in [0.1, 0.15) is 22.6 Å². The number of carbonyl (C=O) groups is 1. The lowest BCUT2D eigenvalue weighted by molar-refractivity contribution is 0.0526. The third-order valence-electron chi connectivity index (χ3n) is 5.14. The van der Waals surface area contributed by atoms with E-state index in [2.05, 4.69) is 19.8 Å². The van der Waals surface area contributed by atoms with Crippen molar-refractivity contribution in [2.24, 2.45) is 0 Å². The predicted molar refractivity (Wildman–Crippen MR) is 117 cm³/mol. The first-order chi connectivity index (χ1) is 14.7. The summed E-state index contributed by atoms with van der Waals surface area (Å²) < 4.78 is 16.5. The summed E-state index contributed by atoms with van der Waals surface area (Å²) in [5, 5.41) is 3.75. The lowest BCUT2D eigenvalue weighted by Gasteiger charge is -2.37. The van der Waals surface area contributed by atoms with Gasteiger partial charge in [-0.25, -0.2) is 9.78 Å². The van der Waals surface area contributed by atoms with Gasteiger partial charge in [0.15, 0.2) is 5.13 Å². The first-order valence-electron chi connectivity index (χ1n) is 9.78. The number of methoxy groups -OCH3 is 2. The van der Waals surface area contributed by atoms with E-state index >= 15 is 0 Å². The molecule has 3 heterocycles. The van der Waals surface area contributed by atoms with Crippen LogP contribution in [0.4, 0.5) is 10.8 Å². The zero-order valence-electron chi connectivity index (χ0n) is 17.3. The molecular weight excluding hydrogens is 404 g/mol. The Morgan fingerprint density at radius 3 is 2.40 bits per heavy atom. The smallest absolute Gasteiger partial charge is 0.341 e. The van der Waals surface area contributed by atoms with Crippen LogP contribution in [0.2, 0.25) is 0 Å². The summed E-state index contributed by atoms with van der Waals surface area (Å²) in [5.41, 5.74) is 1.86. The van der Waals surface area contributed by atoms with Gasteiger partial charge in [0.25, 0.3) is 0 Å². The highest BCUT2D eigenvalue weighted by Gasteiger charge is 2.28. The van der Waals surface area contributed by atoms with E-state index in [-0.39, 0.29) is 0 Å². The summed E-state index contributed by atoms with van der Waals surface area (Å²) in [4.78, 5) is 26.2. The number of hydrogen-bond acceptors (Lipinski definition) is 9. The molecule has 3 aromatic rings. The minimum atomic E-state index is -0.394. The van der Waals surface area contributed by atoms with Crippen LogP contribution < -0.4 is 19.3 Å². The van der Waals surface area contributed by atoms with Crippen molar-refractivity contribution in [3.63, 3.8) is 0 Å². The van der Waals surface area contributed by atoms with Gasteiger partial charge in [0.2, 0.25) is 0 Å². The van der Waals surface area contributed by atoms with Crippen LogP contribution >= 0.6 is 11.3 Å². The van der Waals surface area contributed by atoms with E-state index < -0.39 is 5.97 Å². The summed E-state index contributed by atoms with van der Waals surface area (Å²) in [6.07, 6.45) is 3.39. The predicted octanol–water partition coefficient (Wildman–Crippen LogP) is 3.21. The molecule has 8 nitrogen and oxygen atoms in total. The third-order valence-corrected chi connectivity index (χ3v) is 5.97. The molecule has 1 aromatic carbocycles. The number of carbonyl (C=O) groups excluding carboxylic acids is 1. The Kier molecular flexibility index (Phi) is 5.89. The molecule has 1 aliphatic rings. The normalized spacial score (nSPS) is 14.1. The van der Waals surface area contributed by atoms with E-state index in [0.717, 1.165) is 42.4 Å². The summed E-state index contributed by atoms with van der Waals surface area (Å²) >= 11 is 1.63. The van der Waals surface area contributed by atoms with Crippen molar-refractivity contribution < 1.29 is 19.0 Å². The molecule has 0 bridgehead atoms. The fourth-order valence-electron chi connectivity index (χ4n) is 3.75. The molecule has 158 valence electrons. The molecule has 1 fully saturated rings. The first kappa shape index (κ1) is 20.2. The Labute approximate surface area is 179 Å². The van der Waals surface area contributed by atoms with Gasteiger partial charge in [0, 0.05) is 44.0 Å². The molecule has 0 amide bonds. The molecule has 2 aromatic heterocycles.